The predicted octanol–water partition coefficient (Wildman–Crippen LogP) is 3.02. The second-order valence-electron chi connectivity index (χ2n) is 7.42. The molecule has 4 amide bonds. The van der Waals surface area contributed by atoms with Crippen molar-refractivity contribution in [1.29, 1.82) is 0 Å². The van der Waals surface area contributed by atoms with Crippen LogP contribution in [-0.4, -0.2) is 46.8 Å². The van der Waals surface area contributed by atoms with Crippen molar-refractivity contribution in [1.82, 2.24) is 15.1 Å². The number of imide groups is 1. The summed E-state index contributed by atoms with van der Waals surface area (Å²) in [5, 5.41) is 2.84. The lowest BCUT2D eigenvalue weighted by molar-refractivity contribution is -0.140. The number of rotatable bonds is 6. The molecule has 1 aliphatic carbocycles. The van der Waals surface area contributed by atoms with Crippen LogP contribution >= 0.6 is 0 Å². The molecule has 1 atom stereocenters. The van der Waals surface area contributed by atoms with Crippen molar-refractivity contribution < 1.29 is 14.4 Å². The monoisotopic (exact) mass is 371 g/mol. The number of nitrogens with zero attached hydrogens (tertiary/aromatic N) is 2. The Kier molecular flexibility index (Phi) is 5.82. The normalized spacial score (nSPS) is 23.4. The number of hydrogen-bond acceptors (Lipinski definition) is 3. The zero-order chi connectivity index (χ0) is 19.4. The van der Waals surface area contributed by atoms with Gasteiger partial charge in [-0.2, -0.15) is 0 Å². The molecule has 0 radical (unpaired) electrons. The van der Waals surface area contributed by atoms with E-state index in [0.717, 1.165) is 36.1 Å². The maximum absolute atomic E-state index is 13.2. The zero-order valence-corrected chi connectivity index (χ0v) is 16.2. The molecule has 2 aliphatic rings. The summed E-state index contributed by atoms with van der Waals surface area (Å²) >= 11 is 0. The molecule has 27 heavy (non-hydrogen) atoms. The predicted molar refractivity (Wildman–Crippen MR) is 103 cm³/mol. The minimum absolute atomic E-state index is 0.145. The average molecular weight is 371 g/mol. The molecular formula is C21H29N3O3. The first-order chi connectivity index (χ1) is 13.0. The summed E-state index contributed by atoms with van der Waals surface area (Å²) in [6.07, 6.45) is 5.91. The molecule has 6 nitrogen and oxygen atoms in total. The van der Waals surface area contributed by atoms with Gasteiger partial charge < -0.3 is 10.2 Å². The Morgan fingerprint density at radius 3 is 2.41 bits per heavy atom. The molecule has 6 heteroatoms. The Morgan fingerprint density at radius 2 is 1.81 bits per heavy atom. The molecule has 1 saturated heterocycles. The van der Waals surface area contributed by atoms with Crippen LogP contribution in [0, 0.1) is 0 Å². The van der Waals surface area contributed by atoms with Crippen molar-refractivity contribution >= 4 is 17.8 Å². The highest BCUT2D eigenvalue weighted by atomic mass is 16.2. The van der Waals surface area contributed by atoms with E-state index in [0.29, 0.717) is 13.0 Å². The first-order valence-electron chi connectivity index (χ1n) is 10.0. The fourth-order valence-corrected chi connectivity index (χ4v) is 4.39. The molecular weight excluding hydrogens is 342 g/mol. The summed E-state index contributed by atoms with van der Waals surface area (Å²) in [4.78, 5) is 41.6. The minimum Gasteiger partial charge on any atom is -0.338 e. The van der Waals surface area contributed by atoms with Crippen molar-refractivity contribution in [3.63, 3.8) is 0 Å². The van der Waals surface area contributed by atoms with Crippen LogP contribution in [0.3, 0.4) is 0 Å². The lowest BCUT2D eigenvalue weighted by Crippen LogP contribution is -2.48. The maximum Gasteiger partial charge on any atom is 0.325 e. The smallest absolute Gasteiger partial charge is 0.325 e. The van der Waals surface area contributed by atoms with Crippen LogP contribution in [0.25, 0.3) is 0 Å². The lowest BCUT2D eigenvalue weighted by atomic mass is 9.87. The highest BCUT2D eigenvalue weighted by Gasteiger charge is 2.51. The Hall–Kier alpha value is -2.37. The summed E-state index contributed by atoms with van der Waals surface area (Å²) < 4.78 is 0. The van der Waals surface area contributed by atoms with Crippen LogP contribution in [-0.2, 0) is 15.1 Å². The molecule has 1 saturated carbocycles. The Labute approximate surface area is 160 Å². The number of hydrogen-bond donors (Lipinski definition) is 1. The second kappa shape index (κ2) is 8.11. The van der Waals surface area contributed by atoms with Crippen LogP contribution < -0.4 is 5.32 Å². The highest BCUT2D eigenvalue weighted by molar-refractivity contribution is 6.09. The van der Waals surface area contributed by atoms with Crippen LogP contribution in [0.4, 0.5) is 4.79 Å². The molecule has 2 fully saturated rings. The summed E-state index contributed by atoms with van der Waals surface area (Å²) in [5.41, 5.74) is -0.332. The minimum atomic E-state index is -1.08. The molecule has 1 aromatic carbocycles. The van der Waals surface area contributed by atoms with E-state index in [1.807, 2.05) is 49.1 Å². The van der Waals surface area contributed by atoms with Gasteiger partial charge in [0.1, 0.15) is 12.1 Å². The van der Waals surface area contributed by atoms with E-state index in [4.69, 9.17) is 0 Å². The van der Waals surface area contributed by atoms with Gasteiger partial charge in [-0.3, -0.25) is 14.5 Å². The van der Waals surface area contributed by atoms with Gasteiger partial charge >= 0.3 is 6.03 Å². The number of likely N-dealkylation sites (N-methyl/N-ethyl adjacent to an activating group) is 1. The van der Waals surface area contributed by atoms with E-state index in [1.54, 1.807) is 0 Å². The van der Waals surface area contributed by atoms with Crippen molar-refractivity contribution in [2.24, 2.45) is 0 Å². The van der Waals surface area contributed by atoms with E-state index in [-0.39, 0.29) is 24.4 Å². The third-order valence-electron chi connectivity index (χ3n) is 5.94. The van der Waals surface area contributed by atoms with Gasteiger partial charge in [-0.1, -0.05) is 56.5 Å². The van der Waals surface area contributed by atoms with E-state index < -0.39 is 11.6 Å². The fourth-order valence-electron chi connectivity index (χ4n) is 4.39. The summed E-state index contributed by atoms with van der Waals surface area (Å²) in [6, 6.07) is 8.99. The van der Waals surface area contributed by atoms with Crippen molar-refractivity contribution in [2.75, 3.05) is 13.1 Å². The van der Waals surface area contributed by atoms with Gasteiger partial charge in [0.05, 0.1) is 0 Å². The topological polar surface area (TPSA) is 69.7 Å². The van der Waals surface area contributed by atoms with E-state index in [1.165, 1.54) is 6.42 Å². The number of urea groups is 1. The van der Waals surface area contributed by atoms with Crippen molar-refractivity contribution in [3.8, 4) is 0 Å². The molecule has 0 unspecified atom stereocenters. The Bertz CT molecular complexity index is 700. The van der Waals surface area contributed by atoms with Gasteiger partial charge in [0.25, 0.3) is 5.91 Å². The third kappa shape index (κ3) is 3.57. The summed E-state index contributed by atoms with van der Waals surface area (Å²) in [7, 11) is 0. The largest absolute Gasteiger partial charge is 0.338 e. The first kappa shape index (κ1) is 19.4. The number of carbonyl (C=O) groups excluding carboxylic acids is 3. The molecule has 1 aromatic rings. The second-order valence-corrected chi connectivity index (χ2v) is 7.42. The fraction of sp³-hybridized carbons (Fsp3) is 0.571. The van der Waals surface area contributed by atoms with Crippen LogP contribution in [0.15, 0.2) is 30.3 Å². The van der Waals surface area contributed by atoms with Crippen molar-refractivity contribution in [2.45, 2.75) is 64.0 Å². The van der Waals surface area contributed by atoms with Gasteiger partial charge in [0.2, 0.25) is 5.91 Å². The zero-order valence-electron chi connectivity index (χ0n) is 16.2. The van der Waals surface area contributed by atoms with Gasteiger partial charge in [0.15, 0.2) is 0 Å². The Balaban J connectivity index is 1.77. The van der Waals surface area contributed by atoms with Crippen LogP contribution in [0.2, 0.25) is 0 Å². The standard InChI is InChI=1S/C21H29N3O3/c1-3-21(16-11-7-5-8-12-16)19(26)24(20(27)22-21)15-18(25)23(4-2)17-13-9-6-10-14-17/h5,7-8,11-12,17H,3-4,6,9-10,13-15H2,1-2H3,(H,22,27)/t21-/m1/s1. The third-order valence-corrected chi connectivity index (χ3v) is 5.94. The molecule has 1 aliphatic heterocycles. The maximum atomic E-state index is 13.2. The summed E-state index contributed by atoms with van der Waals surface area (Å²) in [6.45, 7) is 4.24. The molecule has 3 rings (SSSR count). The van der Waals surface area contributed by atoms with Gasteiger partial charge in [-0.15, -0.1) is 0 Å². The number of benzene rings is 1. The molecule has 146 valence electrons. The lowest BCUT2D eigenvalue weighted by Gasteiger charge is -2.34. The molecule has 1 heterocycles. The molecule has 0 aromatic heterocycles. The van der Waals surface area contributed by atoms with Crippen LogP contribution in [0.5, 0.6) is 0 Å². The number of nitrogens with one attached hydrogen (secondary N) is 1. The number of amides is 4. The van der Waals surface area contributed by atoms with Gasteiger partial charge in [-0.05, 0) is 31.7 Å². The first-order valence-corrected chi connectivity index (χ1v) is 10.0. The molecule has 1 N–H and O–H groups in total. The summed E-state index contributed by atoms with van der Waals surface area (Å²) in [5.74, 6) is -0.484. The van der Waals surface area contributed by atoms with Gasteiger partial charge in [0, 0.05) is 12.6 Å². The molecule has 0 spiro atoms. The van der Waals surface area contributed by atoms with Crippen molar-refractivity contribution in [3.05, 3.63) is 35.9 Å². The van der Waals surface area contributed by atoms with E-state index >= 15 is 0 Å². The quantitative estimate of drug-likeness (QED) is 0.782. The van der Waals surface area contributed by atoms with Crippen LogP contribution in [0.1, 0.15) is 57.9 Å². The highest BCUT2D eigenvalue weighted by Crippen LogP contribution is 2.32. The van der Waals surface area contributed by atoms with E-state index in [2.05, 4.69) is 5.32 Å². The SMILES string of the molecule is CCN(C(=O)CN1C(=O)N[C@](CC)(c2ccccc2)C1=O)C1CCCCC1. The Morgan fingerprint density at radius 1 is 1.15 bits per heavy atom. The molecule has 0 bridgehead atoms. The average Bonchev–Trinajstić information content (AvgIpc) is 2.95. The van der Waals surface area contributed by atoms with Gasteiger partial charge in [-0.25, -0.2) is 4.79 Å². The van der Waals surface area contributed by atoms with E-state index in [9.17, 15) is 14.4 Å². The number of carbonyl (C=O) groups is 3.